The third-order valence-electron chi connectivity index (χ3n) is 4.13. The molecule has 1 aliphatic rings. The Kier molecular flexibility index (Phi) is 4.12. The molecular formula is C17H16F2N4OS. The summed E-state index contributed by atoms with van der Waals surface area (Å²) in [5, 5.41) is 3.97. The highest BCUT2D eigenvalue weighted by Crippen LogP contribution is 2.32. The number of nitrogens with one attached hydrogen (secondary N) is 1. The van der Waals surface area contributed by atoms with Gasteiger partial charge in [0.2, 0.25) is 0 Å². The van der Waals surface area contributed by atoms with Crippen molar-refractivity contribution in [2.75, 3.05) is 23.8 Å². The third-order valence-corrected chi connectivity index (χ3v) is 5.23. The predicted molar refractivity (Wildman–Crippen MR) is 93.3 cm³/mol. The summed E-state index contributed by atoms with van der Waals surface area (Å²) in [6, 6.07) is 6.68. The number of alkyl halides is 2. The molecule has 4 rings (SSSR count). The first kappa shape index (κ1) is 16.0. The van der Waals surface area contributed by atoms with Gasteiger partial charge in [-0.3, -0.25) is 0 Å². The van der Waals surface area contributed by atoms with Crippen LogP contribution in [0.1, 0.15) is 22.6 Å². The molecule has 1 N–H and O–H groups in total. The fourth-order valence-corrected chi connectivity index (χ4v) is 3.82. The molecular weight excluding hydrogens is 346 g/mol. The molecule has 0 unspecified atom stereocenters. The largest absolute Gasteiger partial charge is 0.423 e. The Morgan fingerprint density at radius 3 is 3.04 bits per heavy atom. The average molecular weight is 362 g/mol. The molecule has 25 heavy (non-hydrogen) atoms. The summed E-state index contributed by atoms with van der Waals surface area (Å²) in [4.78, 5) is 12.1. The van der Waals surface area contributed by atoms with Crippen molar-refractivity contribution in [3.05, 3.63) is 46.6 Å². The van der Waals surface area contributed by atoms with Gasteiger partial charge in [-0.15, -0.1) is 0 Å². The lowest BCUT2D eigenvalue weighted by molar-refractivity contribution is 0.151. The first-order valence-electron chi connectivity index (χ1n) is 7.89. The topological polar surface area (TPSA) is 54.2 Å². The quantitative estimate of drug-likeness (QED) is 0.748. The second kappa shape index (κ2) is 6.44. The van der Waals surface area contributed by atoms with Crippen LogP contribution in [0, 0.1) is 0 Å². The van der Waals surface area contributed by atoms with E-state index in [1.54, 1.807) is 29.7 Å². The Morgan fingerprint density at radius 2 is 2.24 bits per heavy atom. The van der Waals surface area contributed by atoms with Crippen LogP contribution >= 0.6 is 11.3 Å². The van der Waals surface area contributed by atoms with Crippen LogP contribution in [0.4, 0.5) is 19.9 Å². The fraction of sp³-hybridized carbons (Fsp3) is 0.294. The van der Waals surface area contributed by atoms with Gasteiger partial charge in [-0.05, 0) is 6.07 Å². The minimum Gasteiger partial charge on any atom is -0.423 e. The zero-order valence-corrected chi connectivity index (χ0v) is 14.3. The highest BCUT2D eigenvalue weighted by molar-refractivity contribution is 7.15. The van der Waals surface area contributed by atoms with Gasteiger partial charge < -0.3 is 14.6 Å². The molecule has 3 aromatic rings. The lowest BCUT2D eigenvalue weighted by atomic mass is 10.1. The van der Waals surface area contributed by atoms with Crippen LogP contribution in [0.5, 0.6) is 0 Å². The minimum atomic E-state index is -2.50. The van der Waals surface area contributed by atoms with Crippen LogP contribution in [0.15, 0.2) is 34.9 Å². The van der Waals surface area contributed by atoms with Crippen molar-refractivity contribution in [3.8, 4) is 11.3 Å². The fourth-order valence-electron chi connectivity index (χ4n) is 2.84. The van der Waals surface area contributed by atoms with Crippen molar-refractivity contribution in [1.29, 1.82) is 0 Å². The van der Waals surface area contributed by atoms with Crippen molar-refractivity contribution in [1.82, 2.24) is 9.97 Å². The van der Waals surface area contributed by atoms with Crippen LogP contribution in [-0.2, 0) is 13.0 Å². The van der Waals surface area contributed by atoms with Gasteiger partial charge >= 0.3 is 0 Å². The van der Waals surface area contributed by atoms with E-state index in [1.165, 1.54) is 17.0 Å². The van der Waals surface area contributed by atoms with Gasteiger partial charge in [0, 0.05) is 36.0 Å². The molecule has 0 saturated carbocycles. The number of fused-ring (bicyclic) bond motifs is 1. The zero-order chi connectivity index (χ0) is 17.4. The summed E-state index contributed by atoms with van der Waals surface area (Å²) in [5.74, 6) is 0.489. The maximum atomic E-state index is 12.9. The highest BCUT2D eigenvalue weighted by Gasteiger charge is 2.24. The van der Waals surface area contributed by atoms with Crippen molar-refractivity contribution in [2.45, 2.75) is 19.4 Å². The number of hydrogen-bond donors (Lipinski definition) is 1. The van der Waals surface area contributed by atoms with E-state index in [0.29, 0.717) is 23.9 Å². The number of nitrogens with zero attached hydrogens (tertiary/aromatic N) is 3. The summed E-state index contributed by atoms with van der Waals surface area (Å²) >= 11 is 1.63. The Morgan fingerprint density at radius 1 is 1.36 bits per heavy atom. The Hall–Kier alpha value is -2.48. The monoisotopic (exact) mass is 362 g/mol. The molecule has 0 radical (unpaired) electrons. The van der Waals surface area contributed by atoms with Gasteiger partial charge in [0.15, 0.2) is 10.9 Å². The molecule has 8 heteroatoms. The number of aromatic nitrogens is 2. The van der Waals surface area contributed by atoms with Gasteiger partial charge in [-0.2, -0.15) is 0 Å². The Balaban J connectivity index is 1.56. The van der Waals surface area contributed by atoms with E-state index in [2.05, 4.69) is 15.3 Å². The van der Waals surface area contributed by atoms with E-state index in [9.17, 15) is 8.78 Å². The summed E-state index contributed by atoms with van der Waals surface area (Å²) in [5.41, 5.74) is 1.69. The molecule has 1 aliphatic heterocycles. The van der Waals surface area contributed by atoms with Crippen molar-refractivity contribution in [2.24, 2.45) is 0 Å². The van der Waals surface area contributed by atoms with Gasteiger partial charge in [0.1, 0.15) is 0 Å². The molecule has 0 fully saturated rings. The standard InChI is InChI=1S/C17H16F2N4OS/c1-20-16-22-12-5-6-23(9-14(12)25-16)17-21-8-13(24-17)10-3-2-4-11(7-10)15(18)19/h2-4,7-8,15H,5-6,9H2,1H3,(H,20,22). The third kappa shape index (κ3) is 3.09. The first-order chi connectivity index (χ1) is 12.1. The second-order valence-corrected chi connectivity index (χ2v) is 6.83. The molecule has 1 aromatic carbocycles. The van der Waals surface area contributed by atoms with E-state index in [1.807, 2.05) is 11.9 Å². The SMILES string of the molecule is CNc1nc2c(s1)CN(c1ncc(-c3cccc(C(F)F)c3)o1)CC2. The predicted octanol–water partition coefficient (Wildman–Crippen LogP) is 4.34. The van der Waals surface area contributed by atoms with Gasteiger partial charge in [-0.25, -0.2) is 18.7 Å². The molecule has 2 aromatic heterocycles. The van der Waals surface area contributed by atoms with Crippen LogP contribution in [0.3, 0.4) is 0 Å². The summed E-state index contributed by atoms with van der Waals surface area (Å²) in [7, 11) is 1.86. The molecule has 130 valence electrons. The van der Waals surface area contributed by atoms with Crippen molar-refractivity contribution < 1.29 is 13.2 Å². The molecule has 5 nitrogen and oxygen atoms in total. The number of anilines is 2. The molecule has 0 atom stereocenters. The molecule has 0 aliphatic carbocycles. The van der Waals surface area contributed by atoms with Crippen LogP contribution in [0.25, 0.3) is 11.3 Å². The van der Waals surface area contributed by atoms with Crippen LogP contribution in [-0.4, -0.2) is 23.6 Å². The van der Waals surface area contributed by atoms with Gasteiger partial charge in [-0.1, -0.05) is 29.5 Å². The first-order valence-corrected chi connectivity index (χ1v) is 8.71. The van der Waals surface area contributed by atoms with E-state index >= 15 is 0 Å². The lowest BCUT2D eigenvalue weighted by Gasteiger charge is -2.24. The number of benzene rings is 1. The van der Waals surface area contributed by atoms with Crippen molar-refractivity contribution >= 4 is 22.5 Å². The molecule has 0 spiro atoms. The normalized spacial score (nSPS) is 14.0. The lowest BCUT2D eigenvalue weighted by Crippen LogP contribution is -2.29. The van der Waals surface area contributed by atoms with Gasteiger partial charge in [0.05, 0.1) is 18.4 Å². The van der Waals surface area contributed by atoms with Gasteiger partial charge in [0.25, 0.3) is 12.4 Å². The highest BCUT2D eigenvalue weighted by atomic mass is 32.1. The number of oxazole rings is 1. The van der Waals surface area contributed by atoms with Crippen LogP contribution in [0.2, 0.25) is 0 Å². The zero-order valence-electron chi connectivity index (χ0n) is 13.5. The molecule has 0 saturated heterocycles. The van der Waals surface area contributed by atoms with E-state index in [-0.39, 0.29) is 5.56 Å². The molecule has 0 bridgehead atoms. The molecule has 0 amide bonds. The van der Waals surface area contributed by atoms with Crippen LogP contribution < -0.4 is 10.2 Å². The number of halogens is 2. The maximum absolute atomic E-state index is 12.9. The molecule has 3 heterocycles. The summed E-state index contributed by atoms with van der Waals surface area (Å²) < 4.78 is 31.6. The average Bonchev–Trinajstić information content (AvgIpc) is 3.27. The Bertz CT molecular complexity index is 892. The number of rotatable bonds is 4. The maximum Gasteiger partial charge on any atom is 0.298 e. The number of hydrogen-bond acceptors (Lipinski definition) is 6. The summed E-state index contributed by atoms with van der Waals surface area (Å²) in [6.07, 6.45) is -0.0942. The van der Waals surface area contributed by atoms with Crippen molar-refractivity contribution in [3.63, 3.8) is 0 Å². The Labute approximate surface area is 147 Å². The summed E-state index contributed by atoms with van der Waals surface area (Å²) in [6.45, 7) is 1.45. The van der Waals surface area contributed by atoms with E-state index in [0.717, 1.165) is 23.8 Å². The van der Waals surface area contributed by atoms with E-state index in [4.69, 9.17) is 4.42 Å². The number of thiazole rings is 1. The minimum absolute atomic E-state index is 0.0256. The smallest absolute Gasteiger partial charge is 0.298 e. The second-order valence-electron chi connectivity index (χ2n) is 5.74. The van der Waals surface area contributed by atoms with E-state index < -0.39 is 6.43 Å².